The molecular formula is C23H39NO2. The molecule has 0 aromatic heterocycles. The normalized spacial score (nSPS) is 17.1. The van der Waals surface area contributed by atoms with E-state index < -0.39 is 5.54 Å². The molecule has 0 radical (unpaired) electrons. The summed E-state index contributed by atoms with van der Waals surface area (Å²) in [5.41, 5.74) is 7.28. The van der Waals surface area contributed by atoms with Gasteiger partial charge in [0.05, 0.1) is 13.2 Å². The molecule has 0 amide bonds. The minimum absolute atomic E-state index is 0.0848. The number of aliphatic hydroxyl groups excluding tert-OH is 1. The predicted molar refractivity (Wildman–Crippen MR) is 110 cm³/mol. The van der Waals surface area contributed by atoms with Crippen molar-refractivity contribution < 1.29 is 9.84 Å². The van der Waals surface area contributed by atoms with E-state index in [1.165, 1.54) is 44.1 Å². The number of hydrogen-bond donors (Lipinski definition) is 2. The Bertz CT molecular complexity index is 495. The molecular weight excluding hydrogens is 322 g/mol. The summed E-state index contributed by atoms with van der Waals surface area (Å²) in [6, 6.07) is 8.39. The maximum Gasteiger partial charge on any atom is 0.119 e. The highest BCUT2D eigenvalue weighted by molar-refractivity contribution is 5.27. The third kappa shape index (κ3) is 7.67. The van der Waals surface area contributed by atoms with Crippen molar-refractivity contribution in [2.45, 2.75) is 83.6 Å². The van der Waals surface area contributed by atoms with E-state index in [9.17, 15) is 5.11 Å². The first kappa shape index (κ1) is 21.2. The zero-order chi connectivity index (χ0) is 18.8. The number of hydrogen-bond acceptors (Lipinski definition) is 3. The third-order valence-corrected chi connectivity index (χ3v) is 5.76. The highest BCUT2D eigenvalue weighted by Gasteiger charge is 2.30. The van der Waals surface area contributed by atoms with E-state index >= 15 is 0 Å². The van der Waals surface area contributed by atoms with Crippen LogP contribution in [-0.4, -0.2) is 23.9 Å². The summed E-state index contributed by atoms with van der Waals surface area (Å²) in [5, 5.41) is 9.72. The molecule has 1 atom stereocenters. The number of aliphatic hydroxyl groups is 1. The molecule has 0 bridgehead atoms. The molecule has 0 unspecified atom stereocenters. The molecule has 0 aliphatic heterocycles. The fraction of sp³-hybridized carbons (Fsp3) is 0.739. The van der Waals surface area contributed by atoms with Crippen molar-refractivity contribution in [2.24, 2.45) is 17.6 Å². The molecule has 0 heterocycles. The fourth-order valence-corrected chi connectivity index (χ4v) is 3.68. The monoisotopic (exact) mass is 361 g/mol. The van der Waals surface area contributed by atoms with Crippen LogP contribution in [0.5, 0.6) is 5.75 Å². The number of unbranched alkanes of at least 4 members (excludes halogenated alkanes) is 2. The van der Waals surface area contributed by atoms with E-state index in [0.717, 1.165) is 49.9 Å². The molecule has 0 saturated heterocycles. The predicted octanol–water partition coefficient (Wildman–Crippen LogP) is 5.09. The van der Waals surface area contributed by atoms with Crippen LogP contribution < -0.4 is 10.5 Å². The molecule has 2 rings (SSSR count). The SMILES string of the molecule is CC(C)CCCCCOc1ccc(CC[C@@](N)(CO)CC2CCC2)cc1. The topological polar surface area (TPSA) is 55.5 Å². The third-order valence-electron chi connectivity index (χ3n) is 5.76. The van der Waals surface area contributed by atoms with Gasteiger partial charge >= 0.3 is 0 Å². The summed E-state index contributed by atoms with van der Waals surface area (Å²) in [6.07, 6.45) is 11.6. The van der Waals surface area contributed by atoms with Gasteiger partial charge in [-0.3, -0.25) is 0 Å². The van der Waals surface area contributed by atoms with Gasteiger partial charge in [0.1, 0.15) is 5.75 Å². The Morgan fingerprint density at radius 2 is 1.88 bits per heavy atom. The maximum absolute atomic E-state index is 9.72. The summed E-state index contributed by atoms with van der Waals surface area (Å²) in [7, 11) is 0. The molecule has 0 spiro atoms. The zero-order valence-corrected chi connectivity index (χ0v) is 16.9. The van der Waals surface area contributed by atoms with Crippen molar-refractivity contribution in [1.29, 1.82) is 0 Å². The molecule has 1 aromatic carbocycles. The molecule has 1 aliphatic rings. The van der Waals surface area contributed by atoms with Crippen LogP contribution in [0, 0.1) is 11.8 Å². The first-order chi connectivity index (χ1) is 12.5. The Balaban J connectivity index is 1.66. The molecule has 148 valence electrons. The minimum Gasteiger partial charge on any atom is -0.494 e. The van der Waals surface area contributed by atoms with Crippen LogP contribution in [0.1, 0.15) is 77.2 Å². The van der Waals surface area contributed by atoms with E-state index in [1.807, 2.05) is 0 Å². The van der Waals surface area contributed by atoms with Crippen molar-refractivity contribution in [3.63, 3.8) is 0 Å². The summed E-state index contributed by atoms with van der Waals surface area (Å²) in [5.74, 6) is 2.48. The Labute approximate surface area is 160 Å². The van der Waals surface area contributed by atoms with Crippen molar-refractivity contribution >= 4 is 0 Å². The minimum atomic E-state index is -0.420. The molecule has 26 heavy (non-hydrogen) atoms. The maximum atomic E-state index is 9.72. The van der Waals surface area contributed by atoms with Crippen LogP contribution >= 0.6 is 0 Å². The van der Waals surface area contributed by atoms with Crippen molar-refractivity contribution in [3.8, 4) is 5.75 Å². The second-order valence-corrected chi connectivity index (χ2v) is 8.76. The average Bonchev–Trinajstić information content (AvgIpc) is 2.60. The van der Waals surface area contributed by atoms with E-state index in [-0.39, 0.29) is 6.61 Å². The second-order valence-electron chi connectivity index (χ2n) is 8.76. The largest absolute Gasteiger partial charge is 0.494 e. The van der Waals surface area contributed by atoms with Crippen LogP contribution in [0.4, 0.5) is 0 Å². The van der Waals surface area contributed by atoms with Crippen LogP contribution in [0.3, 0.4) is 0 Å². The Kier molecular flexibility index (Phi) is 8.94. The Morgan fingerprint density at radius 3 is 2.46 bits per heavy atom. The Morgan fingerprint density at radius 1 is 1.15 bits per heavy atom. The number of benzene rings is 1. The molecule has 1 saturated carbocycles. The van der Waals surface area contributed by atoms with Gasteiger partial charge in [-0.1, -0.05) is 64.5 Å². The lowest BCUT2D eigenvalue weighted by Crippen LogP contribution is -2.46. The number of rotatable bonds is 13. The van der Waals surface area contributed by atoms with Gasteiger partial charge in [0.15, 0.2) is 0 Å². The van der Waals surface area contributed by atoms with Gasteiger partial charge in [-0.2, -0.15) is 0 Å². The van der Waals surface area contributed by atoms with E-state index in [4.69, 9.17) is 10.5 Å². The molecule has 1 aliphatic carbocycles. The van der Waals surface area contributed by atoms with Gasteiger partial charge in [-0.05, 0) is 55.2 Å². The molecule has 1 aromatic rings. The lowest BCUT2D eigenvalue weighted by atomic mass is 9.75. The smallest absolute Gasteiger partial charge is 0.119 e. The van der Waals surface area contributed by atoms with Crippen molar-refractivity contribution in [1.82, 2.24) is 0 Å². The van der Waals surface area contributed by atoms with Crippen LogP contribution in [-0.2, 0) is 6.42 Å². The van der Waals surface area contributed by atoms with Gasteiger partial charge in [0, 0.05) is 5.54 Å². The number of ether oxygens (including phenoxy) is 1. The molecule has 3 heteroatoms. The molecule has 3 nitrogen and oxygen atoms in total. The zero-order valence-electron chi connectivity index (χ0n) is 16.9. The fourth-order valence-electron chi connectivity index (χ4n) is 3.68. The summed E-state index contributed by atoms with van der Waals surface area (Å²) >= 11 is 0. The second kappa shape index (κ2) is 10.9. The van der Waals surface area contributed by atoms with Gasteiger partial charge in [-0.25, -0.2) is 0 Å². The summed E-state index contributed by atoms with van der Waals surface area (Å²) in [4.78, 5) is 0. The molecule has 1 fully saturated rings. The first-order valence-electron chi connectivity index (χ1n) is 10.6. The Hall–Kier alpha value is -1.06. The van der Waals surface area contributed by atoms with Gasteiger partial charge in [0.2, 0.25) is 0 Å². The van der Waals surface area contributed by atoms with Gasteiger partial charge < -0.3 is 15.6 Å². The first-order valence-corrected chi connectivity index (χ1v) is 10.6. The van der Waals surface area contributed by atoms with E-state index in [2.05, 4.69) is 38.1 Å². The summed E-state index contributed by atoms with van der Waals surface area (Å²) in [6.45, 7) is 5.44. The quantitative estimate of drug-likeness (QED) is 0.481. The van der Waals surface area contributed by atoms with Crippen LogP contribution in [0.25, 0.3) is 0 Å². The lowest BCUT2D eigenvalue weighted by molar-refractivity contribution is 0.135. The van der Waals surface area contributed by atoms with Gasteiger partial charge in [0.25, 0.3) is 0 Å². The number of nitrogens with two attached hydrogens (primary N) is 1. The number of aryl methyl sites for hydroxylation is 1. The van der Waals surface area contributed by atoms with Crippen molar-refractivity contribution in [3.05, 3.63) is 29.8 Å². The highest BCUT2D eigenvalue weighted by atomic mass is 16.5. The lowest BCUT2D eigenvalue weighted by Gasteiger charge is -2.35. The van der Waals surface area contributed by atoms with Crippen LogP contribution in [0.2, 0.25) is 0 Å². The van der Waals surface area contributed by atoms with E-state index in [1.54, 1.807) is 0 Å². The van der Waals surface area contributed by atoms with Gasteiger partial charge in [-0.15, -0.1) is 0 Å². The molecule has 3 N–H and O–H groups in total. The van der Waals surface area contributed by atoms with Crippen LogP contribution in [0.15, 0.2) is 24.3 Å². The standard InChI is InChI=1S/C23H39NO2/c1-19(2)7-4-3-5-16-26-22-12-10-20(11-13-22)14-15-23(24,18-25)17-21-8-6-9-21/h10-13,19,21,25H,3-9,14-18,24H2,1-2H3/t23-/m0/s1. The summed E-state index contributed by atoms with van der Waals surface area (Å²) < 4.78 is 5.84. The van der Waals surface area contributed by atoms with E-state index in [0.29, 0.717) is 0 Å². The average molecular weight is 362 g/mol. The highest BCUT2D eigenvalue weighted by Crippen LogP contribution is 2.34. The van der Waals surface area contributed by atoms with Crippen molar-refractivity contribution in [2.75, 3.05) is 13.2 Å².